The van der Waals surface area contributed by atoms with Crippen molar-refractivity contribution in [2.75, 3.05) is 32.4 Å². The molecule has 0 aliphatic rings. The first-order valence-corrected chi connectivity index (χ1v) is 10.6. The highest BCUT2D eigenvalue weighted by Crippen LogP contribution is 2.34. The average Bonchev–Trinajstić information content (AvgIpc) is 2.80. The Morgan fingerprint density at radius 2 is 1.77 bits per heavy atom. The normalized spacial score (nSPS) is 10.6. The van der Waals surface area contributed by atoms with E-state index in [1.54, 1.807) is 38.5 Å². The Labute approximate surface area is 185 Å². The van der Waals surface area contributed by atoms with Crippen molar-refractivity contribution < 1.29 is 23.8 Å². The lowest BCUT2D eigenvalue weighted by atomic mass is 10.1. The number of carbonyl (C=O) groups is 2. The van der Waals surface area contributed by atoms with Crippen molar-refractivity contribution in [1.82, 2.24) is 4.98 Å². The van der Waals surface area contributed by atoms with Crippen molar-refractivity contribution in [1.29, 1.82) is 0 Å². The van der Waals surface area contributed by atoms with Gasteiger partial charge in [-0.15, -0.1) is 0 Å². The van der Waals surface area contributed by atoms with Gasteiger partial charge in [-0.25, -0.2) is 9.78 Å². The molecule has 7 nitrogen and oxygen atoms in total. The van der Waals surface area contributed by atoms with Crippen molar-refractivity contribution in [3.8, 4) is 11.5 Å². The van der Waals surface area contributed by atoms with Crippen LogP contribution in [0.2, 0.25) is 0 Å². The number of fused-ring (bicyclic) bond motifs is 1. The Kier molecular flexibility index (Phi) is 7.36. The third kappa shape index (κ3) is 5.27. The second kappa shape index (κ2) is 10.2. The van der Waals surface area contributed by atoms with E-state index in [-0.39, 0.29) is 11.7 Å². The van der Waals surface area contributed by atoms with Crippen LogP contribution in [0.1, 0.15) is 22.8 Å². The predicted octanol–water partition coefficient (Wildman–Crippen LogP) is 4.33. The fourth-order valence-electron chi connectivity index (χ4n) is 3.08. The number of rotatable bonds is 8. The molecule has 3 aromatic rings. The minimum absolute atomic E-state index is 0.182. The van der Waals surface area contributed by atoms with Gasteiger partial charge in [-0.1, -0.05) is 24.8 Å². The van der Waals surface area contributed by atoms with Gasteiger partial charge in [0.2, 0.25) is 5.91 Å². The van der Waals surface area contributed by atoms with Crippen molar-refractivity contribution in [2.45, 2.75) is 18.4 Å². The van der Waals surface area contributed by atoms with E-state index in [0.717, 1.165) is 27.9 Å². The van der Waals surface area contributed by atoms with Crippen LogP contribution in [0.5, 0.6) is 11.5 Å². The van der Waals surface area contributed by atoms with E-state index < -0.39 is 5.97 Å². The van der Waals surface area contributed by atoms with Crippen LogP contribution in [0.4, 0.5) is 5.69 Å². The quantitative estimate of drug-likeness (QED) is 0.412. The third-order valence-electron chi connectivity index (χ3n) is 4.65. The third-order valence-corrected chi connectivity index (χ3v) is 5.68. The molecule has 31 heavy (non-hydrogen) atoms. The summed E-state index contributed by atoms with van der Waals surface area (Å²) in [6.45, 7) is 2.05. The Morgan fingerprint density at radius 1 is 1.03 bits per heavy atom. The summed E-state index contributed by atoms with van der Waals surface area (Å²) < 4.78 is 15.5. The largest absolute Gasteiger partial charge is 0.493 e. The second-order valence-electron chi connectivity index (χ2n) is 6.62. The summed E-state index contributed by atoms with van der Waals surface area (Å²) >= 11 is 1.37. The molecule has 0 aliphatic heterocycles. The number of aromatic nitrogens is 1. The standard InChI is InChI=1S/C23H24N2O5S/c1-5-14-9-16-11-19(28-2)20(29-3)12-18(16)25-22(14)31-13-21(26)24-17-8-6-7-15(10-17)23(27)30-4/h6-12H,5,13H2,1-4H3,(H,24,26). The van der Waals surface area contributed by atoms with E-state index in [1.807, 2.05) is 19.1 Å². The Balaban J connectivity index is 1.76. The van der Waals surface area contributed by atoms with Gasteiger partial charge in [-0.2, -0.15) is 0 Å². The van der Waals surface area contributed by atoms with Crippen LogP contribution in [0.15, 0.2) is 47.5 Å². The van der Waals surface area contributed by atoms with Crippen LogP contribution in [-0.2, 0) is 16.0 Å². The van der Waals surface area contributed by atoms with Gasteiger partial charge >= 0.3 is 5.97 Å². The first-order valence-electron chi connectivity index (χ1n) is 9.65. The van der Waals surface area contributed by atoms with Gasteiger partial charge in [-0.3, -0.25) is 4.79 Å². The van der Waals surface area contributed by atoms with Crippen molar-refractivity contribution in [3.05, 3.63) is 53.6 Å². The molecule has 0 atom stereocenters. The summed E-state index contributed by atoms with van der Waals surface area (Å²) in [4.78, 5) is 28.9. The average molecular weight is 441 g/mol. The van der Waals surface area contributed by atoms with Gasteiger partial charge in [0.15, 0.2) is 11.5 Å². The fraction of sp³-hybridized carbons (Fsp3) is 0.261. The number of thioether (sulfide) groups is 1. The number of amides is 1. The molecule has 0 fully saturated rings. The van der Waals surface area contributed by atoms with E-state index in [2.05, 4.69) is 11.4 Å². The van der Waals surface area contributed by atoms with E-state index in [4.69, 9.17) is 19.2 Å². The number of esters is 1. The molecular weight excluding hydrogens is 416 g/mol. The molecule has 1 heterocycles. The smallest absolute Gasteiger partial charge is 0.337 e. The topological polar surface area (TPSA) is 86.8 Å². The Bertz CT molecular complexity index is 1120. The van der Waals surface area contributed by atoms with Crippen LogP contribution in [-0.4, -0.2) is 43.9 Å². The molecule has 0 spiro atoms. The molecule has 0 unspecified atom stereocenters. The number of nitrogens with one attached hydrogen (secondary N) is 1. The van der Waals surface area contributed by atoms with Gasteiger partial charge in [0.05, 0.1) is 38.2 Å². The molecular formula is C23H24N2O5S. The molecule has 0 aliphatic carbocycles. The van der Waals surface area contributed by atoms with Crippen LogP contribution in [0.3, 0.4) is 0 Å². The molecule has 8 heteroatoms. The molecule has 1 aromatic heterocycles. The first-order chi connectivity index (χ1) is 15.0. The lowest BCUT2D eigenvalue weighted by Crippen LogP contribution is -2.15. The Hall–Kier alpha value is -3.26. The number of anilines is 1. The minimum atomic E-state index is -0.453. The number of hydrogen-bond donors (Lipinski definition) is 1. The monoisotopic (exact) mass is 440 g/mol. The molecule has 0 saturated heterocycles. The second-order valence-corrected chi connectivity index (χ2v) is 7.58. The molecule has 2 aromatic carbocycles. The molecule has 0 radical (unpaired) electrons. The van der Waals surface area contributed by atoms with Gasteiger partial charge < -0.3 is 19.5 Å². The zero-order valence-electron chi connectivity index (χ0n) is 17.9. The highest BCUT2D eigenvalue weighted by atomic mass is 32.2. The number of pyridine rings is 1. The molecule has 0 bridgehead atoms. The Morgan fingerprint density at radius 3 is 2.45 bits per heavy atom. The number of ether oxygens (including phenoxy) is 3. The van der Waals surface area contributed by atoms with Crippen LogP contribution < -0.4 is 14.8 Å². The summed E-state index contributed by atoms with van der Waals surface area (Å²) in [6.07, 6.45) is 0.780. The highest BCUT2D eigenvalue weighted by molar-refractivity contribution is 8.00. The van der Waals surface area contributed by atoms with E-state index in [1.165, 1.54) is 18.9 Å². The first kappa shape index (κ1) is 22.4. The maximum atomic E-state index is 12.5. The number of benzene rings is 2. The molecule has 3 rings (SSSR count). The van der Waals surface area contributed by atoms with Crippen molar-refractivity contribution >= 4 is 40.2 Å². The lowest BCUT2D eigenvalue weighted by Gasteiger charge is -2.12. The summed E-state index contributed by atoms with van der Waals surface area (Å²) in [7, 11) is 4.50. The SMILES string of the molecule is CCc1cc2cc(OC)c(OC)cc2nc1SCC(=O)Nc1cccc(C(=O)OC)c1. The van der Waals surface area contributed by atoms with E-state index in [9.17, 15) is 9.59 Å². The summed E-state index contributed by atoms with van der Waals surface area (Å²) in [5, 5.41) is 4.55. The van der Waals surface area contributed by atoms with Crippen LogP contribution in [0.25, 0.3) is 10.9 Å². The maximum Gasteiger partial charge on any atom is 0.337 e. The van der Waals surface area contributed by atoms with Gasteiger partial charge in [0.25, 0.3) is 0 Å². The van der Waals surface area contributed by atoms with Crippen molar-refractivity contribution in [3.63, 3.8) is 0 Å². The summed E-state index contributed by atoms with van der Waals surface area (Å²) in [5.74, 6) is 0.786. The maximum absolute atomic E-state index is 12.5. The van der Waals surface area contributed by atoms with Gasteiger partial charge in [-0.05, 0) is 42.3 Å². The molecule has 1 amide bonds. The summed E-state index contributed by atoms with van der Waals surface area (Å²) in [5.41, 5.74) is 2.73. The van der Waals surface area contributed by atoms with Gasteiger partial charge in [0.1, 0.15) is 5.03 Å². The van der Waals surface area contributed by atoms with Crippen LogP contribution >= 0.6 is 11.8 Å². The zero-order valence-corrected chi connectivity index (χ0v) is 18.7. The summed E-state index contributed by atoms with van der Waals surface area (Å²) in [6, 6.07) is 12.4. The number of carbonyl (C=O) groups excluding carboxylic acids is 2. The number of nitrogens with zero attached hydrogens (tertiary/aromatic N) is 1. The van der Waals surface area contributed by atoms with E-state index in [0.29, 0.717) is 22.7 Å². The van der Waals surface area contributed by atoms with E-state index >= 15 is 0 Å². The number of hydrogen-bond acceptors (Lipinski definition) is 7. The number of aryl methyl sites for hydroxylation is 1. The molecule has 1 N–H and O–H groups in total. The van der Waals surface area contributed by atoms with Crippen molar-refractivity contribution in [2.24, 2.45) is 0 Å². The molecule has 162 valence electrons. The highest BCUT2D eigenvalue weighted by Gasteiger charge is 2.13. The van der Waals surface area contributed by atoms with Crippen LogP contribution in [0, 0.1) is 0 Å². The molecule has 0 saturated carbocycles. The predicted molar refractivity (Wildman–Crippen MR) is 121 cm³/mol. The van der Waals surface area contributed by atoms with Gasteiger partial charge in [0, 0.05) is 17.1 Å². The number of methoxy groups -OCH3 is 3. The zero-order chi connectivity index (χ0) is 22.4. The fourth-order valence-corrected chi connectivity index (χ4v) is 3.97. The minimum Gasteiger partial charge on any atom is -0.493 e. The lowest BCUT2D eigenvalue weighted by molar-refractivity contribution is -0.113.